The van der Waals surface area contributed by atoms with Crippen LogP contribution in [0.1, 0.15) is 27.2 Å². The minimum absolute atomic E-state index is 0.418. The highest BCUT2D eigenvalue weighted by molar-refractivity contribution is 5.86. The molecule has 1 heterocycles. The summed E-state index contributed by atoms with van der Waals surface area (Å²) in [6, 6.07) is 0. The Kier molecular flexibility index (Phi) is 4.22. The normalized spacial score (nSPS) is 26.8. The summed E-state index contributed by atoms with van der Waals surface area (Å²) in [4.78, 5) is 5.24. The van der Waals surface area contributed by atoms with Crippen LogP contribution in [0.25, 0.3) is 0 Å². The zero-order valence-corrected chi connectivity index (χ0v) is 8.75. The summed E-state index contributed by atoms with van der Waals surface area (Å²) in [6.07, 6.45) is 0.916. The van der Waals surface area contributed by atoms with Crippen molar-refractivity contribution in [2.75, 3.05) is 19.8 Å². The first-order valence-electron chi connectivity index (χ1n) is 4.96. The molecular weight excluding hydrogens is 166 g/mol. The molecule has 3 heteroatoms. The molecule has 1 aliphatic heterocycles. The van der Waals surface area contributed by atoms with Gasteiger partial charge in [-0.15, -0.1) is 0 Å². The molecular formula is C10H19NO2. The first-order chi connectivity index (χ1) is 6.20. The second-order valence-electron chi connectivity index (χ2n) is 4.00. The monoisotopic (exact) mass is 185 g/mol. The maximum absolute atomic E-state index is 5.30. The van der Waals surface area contributed by atoms with E-state index in [0.717, 1.165) is 25.3 Å². The van der Waals surface area contributed by atoms with E-state index < -0.39 is 0 Å². The molecule has 1 aliphatic rings. The molecule has 0 bridgehead atoms. The van der Waals surface area contributed by atoms with Gasteiger partial charge in [0.15, 0.2) is 0 Å². The van der Waals surface area contributed by atoms with Crippen molar-refractivity contribution < 1.29 is 9.57 Å². The average Bonchev–Trinajstić information content (AvgIpc) is 2.08. The van der Waals surface area contributed by atoms with Gasteiger partial charge in [0.05, 0.1) is 18.9 Å². The molecule has 0 aromatic rings. The van der Waals surface area contributed by atoms with Crippen molar-refractivity contribution in [3.8, 4) is 0 Å². The number of nitrogens with zero attached hydrogens (tertiary/aromatic N) is 1. The van der Waals surface area contributed by atoms with E-state index >= 15 is 0 Å². The van der Waals surface area contributed by atoms with Gasteiger partial charge in [-0.2, -0.15) is 0 Å². The molecule has 0 amide bonds. The van der Waals surface area contributed by atoms with E-state index in [4.69, 9.17) is 9.57 Å². The Labute approximate surface area is 80.1 Å². The lowest BCUT2D eigenvalue weighted by Crippen LogP contribution is -2.25. The first-order valence-corrected chi connectivity index (χ1v) is 4.96. The first kappa shape index (κ1) is 10.5. The fourth-order valence-corrected chi connectivity index (χ4v) is 1.18. The van der Waals surface area contributed by atoms with Crippen molar-refractivity contribution in [1.29, 1.82) is 0 Å². The number of ether oxygens (including phenoxy) is 1. The van der Waals surface area contributed by atoms with Crippen LogP contribution < -0.4 is 0 Å². The zero-order valence-electron chi connectivity index (χ0n) is 8.75. The Morgan fingerprint density at radius 3 is 3.00 bits per heavy atom. The van der Waals surface area contributed by atoms with E-state index in [9.17, 15) is 0 Å². The lowest BCUT2D eigenvalue weighted by Gasteiger charge is -2.20. The Hall–Kier alpha value is -0.570. The van der Waals surface area contributed by atoms with Crippen LogP contribution in [0.4, 0.5) is 0 Å². The summed E-state index contributed by atoms with van der Waals surface area (Å²) in [5.74, 6) is 0.959. The van der Waals surface area contributed by atoms with Crippen LogP contribution in [0, 0.1) is 11.8 Å². The summed E-state index contributed by atoms with van der Waals surface area (Å²) in [6.45, 7) is 8.63. The number of hydrogen-bond donors (Lipinski definition) is 0. The average molecular weight is 185 g/mol. The van der Waals surface area contributed by atoms with Gasteiger partial charge in [-0.1, -0.05) is 25.9 Å². The number of rotatable bonds is 3. The van der Waals surface area contributed by atoms with Crippen LogP contribution >= 0.6 is 0 Å². The van der Waals surface area contributed by atoms with Crippen molar-refractivity contribution in [3.05, 3.63) is 0 Å². The molecule has 76 valence electrons. The van der Waals surface area contributed by atoms with Gasteiger partial charge >= 0.3 is 0 Å². The quantitative estimate of drug-likeness (QED) is 0.630. The molecule has 1 rings (SSSR count). The third-order valence-corrected chi connectivity index (χ3v) is 2.03. The third-order valence-electron chi connectivity index (χ3n) is 2.03. The Morgan fingerprint density at radius 2 is 2.38 bits per heavy atom. The highest BCUT2D eigenvalue weighted by atomic mass is 16.6. The van der Waals surface area contributed by atoms with E-state index in [-0.39, 0.29) is 0 Å². The van der Waals surface area contributed by atoms with Crippen LogP contribution in [0.3, 0.4) is 0 Å². The molecule has 0 spiro atoms. The minimum Gasteiger partial charge on any atom is -0.396 e. The van der Waals surface area contributed by atoms with Gasteiger partial charge in [0.2, 0.25) is 0 Å². The van der Waals surface area contributed by atoms with Crippen molar-refractivity contribution >= 4 is 5.71 Å². The molecule has 3 nitrogen and oxygen atoms in total. The van der Waals surface area contributed by atoms with Gasteiger partial charge in [-0.3, -0.25) is 0 Å². The van der Waals surface area contributed by atoms with Crippen molar-refractivity contribution in [2.24, 2.45) is 17.0 Å². The van der Waals surface area contributed by atoms with Gasteiger partial charge in [0, 0.05) is 12.3 Å². The Balaban J connectivity index is 2.31. The molecule has 0 aromatic heterocycles. The minimum atomic E-state index is 0.418. The second kappa shape index (κ2) is 5.22. The molecule has 0 N–H and O–H groups in total. The fraction of sp³-hybridized carbons (Fsp3) is 0.900. The predicted octanol–water partition coefficient (Wildman–Crippen LogP) is 2.07. The van der Waals surface area contributed by atoms with Crippen LogP contribution in [0.5, 0.6) is 0 Å². The van der Waals surface area contributed by atoms with Gasteiger partial charge in [0.25, 0.3) is 0 Å². The molecule has 1 fully saturated rings. The summed E-state index contributed by atoms with van der Waals surface area (Å²) in [5.41, 5.74) is 1.15. The van der Waals surface area contributed by atoms with E-state index in [0.29, 0.717) is 18.4 Å². The van der Waals surface area contributed by atoms with Gasteiger partial charge < -0.3 is 9.57 Å². The van der Waals surface area contributed by atoms with E-state index in [2.05, 4.69) is 25.9 Å². The van der Waals surface area contributed by atoms with Crippen molar-refractivity contribution in [1.82, 2.24) is 0 Å². The number of hydrogen-bond acceptors (Lipinski definition) is 3. The maximum Gasteiger partial charge on any atom is 0.119 e. The van der Waals surface area contributed by atoms with Crippen molar-refractivity contribution in [2.45, 2.75) is 27.2 Å². The molecule has 1 saturated heterocycles. The standard InChI is InChI=1S/C10H19NO2/c1-8(2)6-13-11-10-4-5-12-7-9(10)3/h8-9H,4-7H2,1-3H3/b11-10-. The van der Waals surface area contributed by atoms with Crippen LogP contribution in [0.15, 0.2) is 5.16 Å². The molecule has 0 aliphatic carbocycles. The van der Waals surface area contributed by atoms with Gasteiger partial charge in [0.1, 0.15) is 6.61 Å². The molecule has 0 aromatic carbocycles. The summed E-state index contributed by atoms with van der Waals surface area (Å²) >= 11 is 0. The smallest absolute Gasteiger partial charge is 0.119 e. The Bertz CT molecular complexity index is 178. The van der Waals surface area contributed by atoms with E-state index in [1.54, 1.807) is 0 Å². The molecule has 1 atom stereocenters. The molecule has 13 heavy (non-hydrogen) atoms. The highest BCUT2D eigenvalue weighted by Gasteiger charge is 2.16. The van der Waals surface area contributed by atoms with Gasteiger partial charge in [-0.05, 0) is 5.92 Å². The predicted molar refractivity (Wildman–Crippen MR) is 52.8 cm³/mol. The molecule has 0 radical (unpaired) electrons. The van der Waals surface area contributed by atoms with Crippen LogP contribution in [-0.2, 0) is 9.57 Å². The maximum atomic E-state index is 5.30. The fourth-order valence-electron chi connectivity index (χ4n) is 1.18. The third kappa shape index (κ3) is 3.77. The lowest BCUT2D eigenvalue weighted by atomic mass is 10.0. The highest BCUT2D eigenvalue weighted by Crippen LogP contribution is 2.10. The van der Waals surface area contributed by atoms with Gasteiger partial charge in [-0.25, -0.2) is 0 Å². The zero-order chi connectivity index (χ0) is 9.68. The lowest BCUT2D eigenvalue weighted by molar-refractivity contribution is 0.0914. The van der Waals surface area contributed by atoms with Crippen LogP contribution in [-0.4, -0.2) is 25.5 Å². The molecule has 1 unspecified atom stereocenters. The second-order valence-corrected chi connectivity index (χ2v) is 4.00. The molecule has 0 saturated carbocycles. The Morgan fingerprint density at radius 1 is 1.62 bits per heavy atom. The summed E-state index contributed by atoms with van der Waals surface area (Å²) < 4.78 is 5.30. The summed E-state index contributed by atoms with van der Waals surface area (Å²) in [5, 5.41) is 4.14. The number of oxime groups is 1. The van der Waals surface area contributed by atoms with E-state index in [1.807, 2.05) is 0 Å². The summed E-state index contributed by atoms with van der Waals surface area (Å²) in [7, 11) is 0. The van der Waals surface area contributed by atoms with Crippen LogP contribution in [0.2, 0.25) is 0 Å². The topological polar surface area (TPSA) is 30.8 Å². The largest absolute Gasteiger partial charge is 0.396 e. The SMILES string of the molecule is CC(C)CO/N=C1/CCOCC1C. The van der Waals surface area contributed by atoms with Crippen molar-refractivity contribution in [3.63, 3.8) is 0 Å². The van der Waals surface area contributed by atoms with E-state index in [1.165, 1.54) is 0 Å².